The van der Waals surface area contributed by atoms with Crippen LogP contribution in [0, 0.1) is 0 Å². The zero-order valence-corrected chi connectivity index (χ0v) is 9.81. The molecule has 1 aromatic heterocycles. The summed E-state index contributed by atoms with van der Waals surface area (Å²) in [5, 5.41) is 5.24. The molecule has 84 valence electrons. The van der Waals surface area contributed by atoms with Gasteiger partial charge in [0, 0.05) is 6.54 Å². The van der Waals surface area contributed by atoms with Crippen LogP contribution in [0.3, 0.4) is 0 Å². The van der Waals surface area contributed by atoms with E-state index in [1.54, 1.807) is 6.07 Å². The Morgan fingerprint density at radius 1 is 1.47 bits per heavy atom. The Balaban J connectivity index is 2.04. The monoisotopic (exact) mass is 227 g/mol. The molecule has 1 N–H and O–H groups in total. The van der Waals surface area contributed by atoms with Crippen molar-refractivity contribution in [3.8, 4) is 5.06 Å². The summed E-state index contributed by atoms with van der Waals surface area (Å²) in [6, 6.07) is 3.63. The van der Waals surface area contributed by atoms with Crippen molar-refractivity contribution in [2.24, 2.45) is 0 Å². The van der Waals surface area contributed by atoms with Gasteiger partial charge in [0.1, 0.15) is 0 Å². The van der Waals surface area contributed by atoms with E-state index in [2.05, 4.69) is 12.2 Å². The molecule has 0 aliphatic carbocycles. The number of amides is 1. The maximum Gasteiger partial charge on any atom is 0.413 e. The van der Waals surface area contributed by atoms with Crippen LogP contribution >= 0.6 is 11.3 Å². The van der Waals surface area contributed by atoms with Crippen molar-refractivity contribution in [1.82, 2.24) is 5.32 Å². The molecular weight excluding hydrogens is 210 g/mol. The van der Waals surface area contributed by atoms with E-state index in [0.717, 1.165) is 12.8 Å². The van der Waals surface area contributed by atoms with E-state index in [1.807, 2.05) is 11.4 Å². The van der Waals surface area contributed by atoms with E-state index in [4.69, 9.17) is 4.74 Å². The number of carbonyl (C=O) groups is 1. The highest BCUT2D eigenvalue weighted by Gasteiger charge is 2.02. The SMILES string of the molecule is CCCCCCNC(=O)Oc1cccs1. The number of nitrogens with one attached hydrogen (secondary N) is 1. The third-order valence-corrected chi connectivity index (χ3v) is 2.73. The number of carbonyl (C=O) groups excluding carboxylic acids is 1. The first-order chi connectivity index (χ1) is 7.33. The first-order valence-electron chi connectivity index (χ1n) is 5.32. The quantitative estimate of drug-likeness (QED) is 0.756. The summed E-state index contributed by atoms with van der Waals surface area (Å²) < 4.78 is 5.03. The molecule has 0 aromatic carbocycles. The molecule has 0 radical (unpaired) electrons. The number of hydrogen-bond donors (Lipinski definition) is 1. The van der Waals surface area contributed by atoms with Crippen LogP contribution in [0.25, 0.3) is 0 Å². The van der Waals surface area contributed by atoms with Gasteiger partial charge >= 0.3 is 6.09 Å². The van der Waals surface area contributed by atoms with Crippen molar-refractivity contribution in [2.45, 2.75) is 32.6 Å². The van der Waals surface area contributed by atoms with Gasteiger partial charge < -0.3 is 10.1 Å². The van der Waals surface area contributed by atoms with E-state index in [9.17, 15) is 4.79 Å². The number of hydrogen-bond acceptors (Lipinski definition) is 3. The molecular formula is C11H17NO2S. The molecule has 0 saturated heterocycles. The van der Waals surface area contributed by atoms with Gasteiger partial charge in [-0.25, -0.2) is 4.79 Å². The molecule has 4 heteroatoms. The van der Waals surface area contributed by atoms with Crippen LogP contribution in [0.15, 0.2) is 17.5 Å². The minimum atomic E-state index is -0.353. The lowest BCUT2D eigenvalue weighted by Crippen LogP contribution is -2.27. The van der Waals surface area contributed by atoms with Crippen molar-refractivity contribution in [2.75, 3.05) is 6.54 Å². The Hall–Kier alpha value is -1.03. The molecule has 1 rings (SSSR count). The van der Waals surface area contributed by atoms with Gasteiger partial charge in [-0.15, -0.1) is 11.3 Å². The lowest BCUT2D eigenvalue weighted by atomic mass is 10.2. The Kier molecular flexibility index (Phi) is 5.85. The minimum absolute atomic E-state index is 0.353. The summed E-state index contributed by atoms with van der Waals surface area (Å²) in [6.07, 6.45) is 4.26. The fourth-order valence-corrected chi connectivity index (χ4v) is 1.76. The first kappa shape index (κ1) is 12.0. The Labute approximate surface area is 94.5 Å². The second-order valence-electron chi connectivity index (χ2n) is 3.31. The van der Waals surface area contributed by atoms with Crippen molar-refractivity contribution >= 4 is 17.4 Å². The number of ether oxygens (including phenoxy) is 1. The number of thiophene rings is 1. The smallest absolute Gasteiger partial charge is 0.399 e. The lowest BCUT2D eigenvalue weighted by molar-refractivity contribution is 0.201. The van der Waals surface area contributed by atoms with Crippen LogP contribution in [0.2, 0.25) is 0 Å². The average Bonchev–Trinajstić information content (AvgIpc) is 2.70. The number of unbranched alkanes of at least 4 members (excludes halogenated alkanes) is 3. The Morgan fingerprint density at radius 2 is 2.33 bits per heavy atom. The van der Waals surface area contributed by atoms with E-state index in [0.29, 0.717) is 11.6 Å². The molecule has 0 fully saturated rings. The van der Waals surface area contributed by atoms with Crippen molar-refractivity contribution < 1.29 is 9.53 Å². The highest BCUT2D eigenvalue weighted by atomic mass is 32.1. The molecule has 1 heterocycles. The molecule has 0 unspecified atom stereocenters. The van der Waals surface area contributed by atoms with Gasteiger partial charge in [0.25, 0.3) is 0 Å². The molecule has 1 aromatic rings. The topological polar surface area (TPSA) is 38.3 Å². The average molecular weight is 227 g/mol. The van der Waals surface area contributed by atoms with Crippen LogP contribution in [-0.2, 0) is 0 Å². The highest BCUT2D eigenvalue weighted by molar-refractivity contribution is 7.11. The molecule has 0 atom stereocenters. The zero-order valence-electron chi connectivity index (χ0n) is 8.99. The highest BCUT2D eigenvalue weighted by Crippen LogP contribution is 2.17. The maximum absolute atomic E-state index is 11.2. The summed E-state index contributed by atoms with van der Waals surface area (Å²) in [5.74, 6) is 0. The molecule has 1 amide bonds. The van der Waals surface area contributed by atoms with Gasteiger partial charge in [0.15, 0.2) is 5.06 Å². The fraction of sp³-hybridized carbons (Fsp3) is 0.545. The predicted molar refractivity (Wildman–Crippen MR) is 62.5 cm³/mol. The second kappa shape index (κ2) is 7.29. The van der Waals surface area contributed by atoms with Gasteiger partial charge in [0.2, 0.25) is 0 Å². The summed E-state index contributed by atoms with van der Waals surface area (Å²) in [6.45, 7) is 2.86. The van der Waals surface area contributed by atoms with Crippen LogP contribution in [-0.4, -0.2) is 12.6 Å². The maximum atomic E-state index is 11.2. The van der Waals surface area contributed by atoms with E-state index in [-0.39, 0.29) is 6.09 Å². The fourth-order valence-electron chi connectivity index (χ4n) is 1.19. The van der Waals surface area contributed by atoms with Crippen molar-refractivity contribution in [3.05, 3.63) is 17.5 Å². The Bertz CT molecular complexity index is 272. The molecule has 3 nitrogen and oxygen atoms in total. The molecule has 0 spiro atoms. The summed E-state index contributed by atoms with van der Waals surface area (Å²) in [5.41, 5.74) is 0. The van der Waals surface area contributed by atoms with E-state index >= 15 is 0 Å². The minimum Gasteiger partial charge on any atom is -0.399 e. The second-order valence-corrected chi connectivity index (χ2v) is 4.22. The van der Waals surface area contributed by atoms with Crippen molar-refractivity contribution in [3.63, 3.8) is 0 Å². The molecule has 0 aliphatic heterocycles. The summed E-state index contributed by atoms with van der Waals surface area (Å²) in [7, 11) is 0. The van der Waals surface area contributed by atoms with Gasteiger partial charge in [-0.05, 0) is 23.9 Å². The lowest BCUT2D eigenvalue weighted by Gasteiger charge is -2.04. The Morgan fingerprint density at radius 3 is 3.00 bits per heavy atom. The standard InChI is InChI=1S/C11H17NO2S/c1-2-3-4-5-8-12-11(13)14-10-7-6-9-15-10/h6-7,9H,2-5,8H2,1H3,(H,12,13). The zero-order chi connectivity index (χ0) is 10.9. The number of rotatable bonds is 6. The van der Waals surface area contributed by atoms with E-state index < -0.39 is 0 Å². The predicted octanol–water partition coefficient (Wildman–Crippen LogP) is 3.42. The van der Waals surface area contributed by atoms with Crippen LogP contribution < -0.4 is 10.1 Å². The molecule has 0 aliphatic rings. The van der Waals surface area contributed by atoms with Crippen LogP contribution in [0.5, 0.6) is 5.06 Å². The van der Waals surface area contributed by atoms with E-state index in [1.165, 1.54) is 24.2 Å². The van der Waals surface area contributed by atoms with Crippen LogP contribution in [0.4, 0.5) is 4.79 Å². The molecule has 15 heavy (non-hydrogen) atoms. The first-order valence-corrected chi connectivity index (χ1v) is 6.20. The summed E-state index contributed by atoms with van der Waals surface area (Å²) in [4.78, 5) is 11.2. The van der Waals surface area contributed by atoms with Crippen molar-refractivity contribution in [1.29, 1.82) is 0 Å². The third-order valence-electron chi connectivity index (χ3n) is 1.99. The largest absolute Gasteiger partial charge is 0.413 e. The molecule has 0 saturated carbocycles. The van der Waals surface area contributed by atoms with Gasteiger partial charge in [-0.1, -0.05) is 26.2 Å². The van der Waals surface area contributed by atoms with Crippen LogP contribution in [0.1, 0.15) is 32.6 Å². The third kappa shape index (κ3) is 5.42. The molecule has 0 bridgehead atoms. The normalized spacial score (nSPS) is 9.93. The van der Waals surface area contributed by atoms with Gasteiger partial charge in [0.05, 0.1) is 0 Å². The van der Waals surface area contributed by atoms with Gasteiger partial charge in [-0.2, -0.15) is 0 Å². The van der Waals surface area contributed by atoms with Gasteiger partial charge in [-0.3, -0.25) is 0 Å². The summed E-state index contributed by atoms with van der Waals surface area (Å²) >= 11 is 1.42.